The number of aromatic nitrogens is 1. The molecule has 0 bridgehead atoms. The Morgan fingerprint density at radius 1 is 1.41 bits per heavy atom. The highest BCUT2D eigenvalue weighted by molar-refractivity contribution is 7.16. The van der Waals surface area contributed by atoms with Crippen LogP contribution in [0.5, 0.6) is 0 Å². The highest BCUT2D eigenvalue weighted by Crippen LogP contribution is 2.30. The van der Waals surface area contributed by atoms with E-state index in [0.29, 0.717) is 0 Å². The SMILES string of the molecule is Cn1c(=O)sc2cc(C(=O)C3CCC3)ccc21. The summed E-state index contributed by atoms with van der Waals surface area (Å²) in [6.07, 6.45) is 3.20. The van der Waals surface area contributed by atoms with Gasteiger partial charge in [0.2, 0.25) is 0 Å². The lowest BCUT2D eigenvalue weighted by molar-refractivity contribution is 0.0855. The summed E-state index contributed by atoms with van der Waals surface area (Å²) >= 11 is 1.20. The normalized spacial score (nSPS) is 16.1. The first kappa shape index (κ1) is 10.7. The van der Waals surface area contributed by atoms with Gasteiger partial charge < -0.3 is 4.57 Å². The Morgan fingerprint density at radius 3 is 2.82 bits per heavy atom. The van der Waals surface area contributed by atoms with Gasteiger partial charge in [0.05, 0.1) is 10.2 Å². The van der Waals surface area contributed by atoms with Crippen molar-refractivity contribution in [1.29, 1.82) is 0 Å². The molecule has 88 valence electrons. The van der Waals surface area contributed by atoms with Gasteiger partial charge in [-0.3, -0.25) is 9.59 Å². The van der Waals surface area contributed by atoms with E-state index in [1.165, 1.54) is 11.3 Å². The minimum atomic E-state index is 0.0215. The maximum Gasteiger partial charge on any atom is 0.307 e. The van der Waals surface area contributed by atoms with Crippen molar-refractivity contribution >= 4 is 27.3 Å². The zero-order valence-corrected chi connectivity index (χ0v) is 10.4. The predicted octanol–water partition coefficient (Wildman–Crippen LogP) is 2.58. The van der Waals surface area contributed by atoms with E-state index in [9.17, 15) is 9.59 Å². The van der Waals surface area contributed by atoms with Gasteiger partial charge in [-0.05, 0) is 31.0 Å². The van der Waals surface area contributed by atoms with Crippen LogP contribution in [0.3, 0.4) is 0 Å². The number of Topliss-reactive ketones (excluding diaryl/α,β-unsaturated/α-hetero) is 1. The summed E-state index contributed by atoms with van der Waals surface area (Å²) in [5.74, 6) is 0.453. The molecule has 0 unspecified atom stereocenters. The number of ketones is 1. The lowest BCUT2D eigenvalue weighted by Gasteiger charge is -2.23. The first-order chi connectivity index (χ1) is 8.16. The predicted molar refractivity (Wildman–Crippen MR) is 68.7 cm³/mol. The van der Waals surface area contributed by atoms with E-state index < -0.39 is 0 Å². The third-order valence-electron chi connectivity index (χ3n) is 3.55. The number of thiazole rings is 1. The zero-order valence-electron chi connectivity index (χ0n) is 9.60. The van der Waals surface area contributed by atoms with Crippen molar-refractivity contribution in [3.8, 4) is 0 Å². The molecule has 0 spiro atoms. The van der Waals surface area contributed by atoms with Crippen molar-refractivity contribution in [3.05, 3.63) is 33.4 Å². The molecule has 1 heterocycles. The molecule has 17 heavy (non-hydrogen) atoms. The molecular formula is C13H13NO2S. The fourth-order valence-corrected chi connectivity index (χ4v) is 3.11. The molecule has 2 aromatic rings. The lowest BCUT2D eigenvalue weighted by atomic mass is 9.80. The summed E-state index contributed by atoms with van der Waals surface area (Å²) < 4.78 is 2.53. The lowest BCUT2D eigenvalue weighted by Crippen LogP contribution is -2.21. The molecule has 1 aliphatic rings. The molecule has 0 saturated heterocycles. The molecule has 0 aliphatic heterocycles. The summed E-state index contributed by atoms with van der Waals surface area (Å²) in [6, 6.07) is 5.58. The van der Waals surface area contributed by atoms with Crippen LogP contribution in [-0.4, -0.2) is 10.4 Å². The van der Waals surface area contributed by atoms with Crippen LogP contribution in [0.25, 0.3) is 10.2 Å². The number of carbonyl (C=O) groups excluding carboxylic acids is 1. The minimum Gasteiger partial charge on any atom is -0.302 e. The molecule has 0 radical (unpaired) electrons. The number of nitrogens with zero attached hydrogens (tertiary/aromatic N) is 1. The van der Waals surface area contributed by atoms with Gasteiger partial charge in [-0.25, -0.2) is 0 Å². The van der Waals surface area contributed by atoms with Gasteiger partial charge >= 0.3 is 4.87 Å². The van der Waals surface area contributed by atoms with Crippen molar-refractivity contribution in [2.24, 2.45) is 13.0 Å². The summed E-state index contributed by atoms with van der Waals surface area (Å²) in [5.41, 5.74) is 1.66. The average Bonchev–Trinajstić information content (AvgIpc) is 2.52. The topological polar surface area (TPSA) is 39.1 Å². The van der Waals surface area contributed by atoms with Crippen molar-refractivity contribution in [2.75, 3.05) is 0 Å². The van der Waals surface area contributed by atoms with Crippen LogP contribution >= 0.6 is 11.3 Å². The average molecular weight is 247 g/mol. The molecule has 3 nitrogen and oxygen atoms in total. The second-order valence-corrected chi connectivity index (χ2v) is 5.59. The number of rotatable bonds is 2. The van der Waals surface area contributed by atoms with Gasteiger partial charge in [0.25, 0.3) is 0 Å². The van der Waals surface area contributed by atoms with Crippen LogP contribution in [0.15, 0.2) is 23.0 Å². The van der Waals surface area contributed by atoms with Crippen molar-refractivity contribution in [2.45, 2.75) is 19.3 Å². The van der Waals surface area contributed by atoms with Crippen molar-refractivity contribution < 1.29 is 4.79 Å². The second-order valence-electron chi connectivity index (χ2n) is 4.60. The Kier molecular flexibility index (Phi) is 2.40. The monoisotopic (exact) mass is 247 g/mol. The van der Waals surface area contributed by atoms with E-state index in [4.69, 9.17) is 0 Å². The standard InChI is InChI=1S/C13H13NO2S/c1-14-10-6-5-9(7-11(10)17-13(14)16)12(15)8-3-2-4-8/h5-8H,2-4H2,1H3. The van der Waals surface area contributed by atoms with Crippen LogP contribution in [-0.2, 0) is 7.05 Å². The quantitative estimate of drug-likeness (QED) is 0.765. The van der Waals surface area contributed by atoms with Gasteiger partial charge in [-0.2, -0.15) is 0 Å². The number of fused-ring (bicyclic) bond motifs is 1. The molecule has 1 aliphatic carbocycles. The van der Waals surface area contributed by atoms with Gasteiger partial charge in [0.1, 0.15) is 0 Å². The van der Waals surface area contributed by atoms with Crippen LogP contribution in [0.4, 0.5) is 0 Å². The zero-order chi connectivity index (χ0) is 12.0. The molecule has 3 rings (SSSR count). The van der Waals surface area contributed by atoms with E-state index in [2.05, 4.69) is 0 Å². The Hall–Kier alpha value is -1.42. The van der Waals surface area contributed by atoms with E-state index in [0.717, 1.165) is 35.0 Å². The molecule has 0 amide bonds. The van der Waals surface area contributed by atoms with Crippen LogP contribution in [0, 0.1) is 5.92 Å². The summed E-state index contributed by atoms with van der Waals surface area (Å²) in [7, 11) is 1.76. The number of carbonyl (C=O) groups is 1. The molecule has 1 fully saturated rings. The highest BCUT2D eigenvalue weighted by Gasteiger charge is 2.26. The fourth-order valence-electron chi connectivity index (χ4n) is 2.19. The number of benzene rings is 1. The van der Waals surface area contributed by atoms with Crippen LogP contribution in [0.2, 0.25) is 0 Å². The Bertz CT molecular complexity index is 649. The Morgan fingerprint density at radius 2 is 2.18 bits per heavy atom. The van der Waals surface area contributed by atoms with Crippen LogP contribution in [0.1, 0.15) is 29.6 Å². The van der Waals surface area contributed by atoms with E-state index in [1.54, 1.807) is 11.6 Å². The highest BCUT2D eigenvalue weighted by atomic mass is 32.1. The minimum absolute atomic E-state index is 0.0215. The maximum atomic E-state index is 12.1. The number of hydrogen-bond acceptors (Lipinski definition) is 3. The third-order valence-corrected chi connectivity index (χ3v) is 4.55. The third kappa shape index (κ3) is 1.63. The molecule has 4 heteroatoms. The van der Waals surface area contributed by atoms with Gasteiger partial charge in [-0.1, -0.05) is 17.8 Å². The van der Waals surface area contributed by atoms with E-state index in [1.807, 2.05) is 18.2 Å². The largest absolute Gasteiger partial charge is 0.307 e. The molecule has 0 atom stereocenters. The second kappa shape index (κ2) is 3.81. The smallest absolute Gasteiger partial charge is 0.302 e. The van der Waals surface area contributed by atoms with Crippen LogP contribution < -0.4 is 4.87 Å². The number of aryl methyl sites for hydroxylation is 1. The van der Waals surface area contributed by atoms with E-state index in [-0.39, 0.29) is 16.6 Å². The first-order valence-electron chi connectivity index (χ1n) is 5.80. The molecule has 1 aromatic carbocycles. The molecule has 1 aromatic heterocycles. The van der Waals surface area contributed by atoms with Gasteiger partial charge in [-0.15, -0.1) is 0 Å². The summed E-state index contributed by atoms with van der Waals surface area (Å²) in [5, 5.41) is 0. The Balaban J connectivity index is 2.07. The fraction of sp³-hybridized carbons (Fsp3) is 0.385. The first-order valence-corrected chi connectivity index (χ1v) is 6.62. The number of hydrogen-bond donors (Lipinski definition) is 0. The van der Waals surface area contributed by atoms with Crippen molar-refractivity contribution in [1.82, 2.24) is 4.57 Å². The Labute approximate surface area is 103 Å². The van der Waals surface area contributed by atoms with Gasteiger partial charge in [0.15, 0.2) is 5.78 Å². The molecule has 1 saturated carbocycles. The van der Waals surface area contributed by atoms with E-state index >= 15 is 0 Å². The maximum absolute atomic E-state index is 12.1. The molecular weight excluding hydrogens is 234 g/mol. The molecule has 0 N–H and O–H groups in total. The summed E-state index contributed by atoms with van der Waals surface area (Å²) in [6.45, 7) is 0. The van der Waals surface area contributed by atoms with Crippen molar-refractivity contribution in [3.63, 3.8) is 0 Å². The summed E-state index contributed by atoms with van der Waals surface area (Å²) in [4.78, 5) is 23.6. The van der Waals surface area contributed by atoms with Gasteiger partial charge in [0, 0.05) is 18.5 Å².